The minimum absolute atomic E-state index is 0.0435. The van der Waals surface area contributed by atoms with Crippen molar-refractivity contribution in [2.24, 2.45) is 0 Å². The van der Waals surface area contributed by atoms with Gasteiger partial charge >= 0.3 is 11.7 Å². The molecule has 0 aliphatic carbocycles. The van der Waals surface area contributed by atoms with Crippen LogP contribution in [0.1, 0.15) is 10.4 Å². The second kappa shape index (κ2) is 4.75. The lowest BCUT2D eigenvalue weighted by molar-refractivity contribution is 0.0697. The van der Waals surface area contributed by atoms with Crippen molar-refractivity contribution in [3.63, 3.8) is 0 Å². The Morgan fingerprint density at radius 1 is 1.00 bits per heavy atom. The van der Waals surface area contributed by atoms with Gasteiger partial charge in [0.2, 0.25) is 0 Å². The Kier molecular flexibility index (Phi) is 2.91. The fraction of sp³-hybridized carbons (Fsp3) is 0. The third-order valence-corrected chi connectivity index (χ3v) is 3.18. The van der Waals surface area contributed by atoms with Crippen molar-refractivity contribution in [1.82, 2.24) is 9.55 Å². The quantitative estimate of drug-likeness (QED) is 0.742. The molecule has 3 aromatic rings. The zero-order valence-electron chi connectivity index (χ0n) is 10.7. The lowest BCUT2D eigenvalue weighted by Gasteiger charge is -2.09. The molecule has 0 radical (unpaired) electrons. The number of carboxylic acids is 1. The molecule has 0 saturated heterocycles. The molecule has 6 heteroatoms. The summed E-state index contributed by atoms with van der Waals surface area (Å²) >= 11 is 0. The van der Waals surface area contributed by atoms with Gasteiger partial charge in [-0.05, 0) is 24.3 Å². The van der Waals surface area contributed by atoms with E-state index in [2.05, 4.69) is 4.98 Å². The van der Waals surface area contributed by atoms with Crippen LogP contribution in [0.15, 0.2) is 58.1 Å². The minimum Gasteiger partial charge on any atom is -0.478 e. The molecule has 2 aromatic carbocycles. The summed E-state index contributed by atoms with van der Waals surface area (Å²) in [5.74, 6) is -1.20. The minimum atomic E-state index is -1.20. The Balaban J connectivity index is 2.45. The van der Waals surface area contributed by atoms with Crippen LogP contribution in [0, 0.1) is 0 Å². The maximum atomic E-state index is 12.5. The average molecular weight is 282 g/mol. The van der Waals surface area contributed by atoms with E-state index in [-0.39, 0.29) is 11.3 Å². The largest absolute Gasteiger partial charge is 0.478 e. The third kappa shape index (κ3) is 2.02. The summed E-state index contributed by atoms with van der Waals surface area (Å²) in [6, 6.07) is 12.4. The number of carbonyl (C=O) groups is 1. The molecule has 0 spiro atoms. The number of rotatable bonds is 2. The molecule has 104 valence electrons. The van der Waals surface area contributed by atoms with Gasteiger partial charge in [0.25, 0.3) is 5.56 Å². The lowest BCUT2D eigenvalue weighted by atomic mass is 10.1. The summed E-state index contributed by atoms with van der Waals surface area (Å²) in [7, 11) is 0. The molecule has 0 fully saturated rings. The first-order valence-corrected chi connectivity index (χ1v) is 6.16. The fourth-order valence-corrected chi connectivity index (χ4v) is 2.23. The predicted octanol–water partition coefficient (Wildman–Crippen LogP) is 1.38. The summed E-state index contributed by atoms with van der Waals surface area (Å²) in [5.41, 5.74) is -0.880. The molecule has 2 N–H and O–H groups in total. The molecule has 0 aliphatic rings. The van der Waals surface area contributed by atoms with Crippen LogP contribution in [-0.2, 0) is 0 Å². The summed E-state index contributed by atoms with van der Waals surface area (Å²) in [6.07, 6.45) is 0. The van der Waals surface area contributed by atoms with E-state index in [0.717, 1.165) is 4.57 Å². The molecular formula is C15H10N2O4. The number of benzene rings is 2. The zero-order chi connectivity index (χ0) is 15.0. The molecule has 0 bridgehead atoms. The number of hydrogen-bond acceptors (Lipinski definition) is 3. The molecule has 6 nitrogen and oxygen atoms in total. The Morgan fingerprint density at radius 3 is 2.43 bits per heavy atom. The van der Waals surface area contributed by atoms with E-state index in [4.69, 9.17) is 0 Å². The number of hydrogen-bond donors (Lipinski definition) is 2. The number of aromatic amines is 1. The Hall–Kier alpha value is -3.15. The fourth-order valence-electron chi connectivity index (χ4n) is 2.23. The molecular weight excluding hydrogens is 272 g/mol. The van der Waals surface area contributed by atoms with Crippen LogP contribution in [0.2, 0.25) is 0 Å². The van der Waals surface area contributed by atoms with E-state index in [9.17, 15) is 19.5 Å². The highest BCUT2D eigenvalue weighted by Gasteiger charge is 2.15. The van der Waals surface area contributed by atoms with Gasteiger partial charge in [0.1, 0.15) is 0 Å². The van der Waals surface area contributed by atoms with Gasteiger partial charge in [-0.3, -0.25) is 4.79 Å². The van der Waals surface area contributed by atoms with E-state index >= 15 is 0 Å². The average Bonchev–Trinajstić information content (AvgIpc) is 2.47. The number of nitrogens with zero attached hydrogens (tertiary/aromatic N) is 1. The van der Waals surface area contributed by atoms with Crippen molar-refractivity contribution in [2.45, 2.75) is 0 Å². The number of aromatic carboxylic acids is 1. The highest BCUT2D eigenvalue weighted by Crippen LogP contribution is 2.12. The molecule has 0 unspecified atom stereocenters. The van der Waals surface area contributed by atoms with Crippen molar-refractivity contribution in [1.29, 1.82) is 0 Å². The number of nitrogens with one attached hydrogen (secondary N) is 1. The highest BCUT2D eigenvalue weighted by atomic mass is 16.4. The number of para-hydroxylation sites is 2. The van der Waals surface area contributed by atoms with Crippen molar-refractivity contribution in [3.8, 4) is 5.69 Å². The molecule has 3 rings (SSSR count). The maximum Gasteiger partial charge on any atom is 0.337 e. The van der Waals surface area contributed by atoms with Crippen LogP contribution in [-0.4, -0.2) is 20.6 Å². The van der Waals surface area contributed by atoms with Crippen LogP contribution in [0.5, 0.6) is 0 Å². The Labute approximate surface area is 117 Å². The van der Waals surface area contributed by atoms with E-state index in [0.29, 0.717) is 10.9 Å². The van der Waals surface area contributed by atoms with Crippen molar-refractivity contribution >= 4 is 16.9 Å². The summed E-state index contributed by atoms with van der Waals surface area (Å²) in [5, 5.41) is 9.51. The molecule has 0 aliphatic heterocycles. The second-order valence-electron chi connectivity index (χ2n) is 4.44. The lowest BCUT2D eigenvalue weighted by Crippen LogP contribution is -2.34. The first-order chi connectivity index (χ1) is 10.1. The van der Waals surface area contributed by atoms with Crippen molar-refractivity contribution in [2.75, 3.05) is 0 Å². The van der Waals surface area contributed by atoms with E-state index in [1.807, 2.05) is 0 Å². The summed E-state index contributed by atoms with van der Waals surface area (Å²) < 4.78 is 0.839. The predicted molar refractivity (Wildman–Crippen MR) is 77.1 cm³/mol. The van der Waals surface area contributed by atoms with Gasteiger partial charge in [0.15, 0.2) is 0 Å². The van der Waals surface area contributed by atoms with Gasteiger partial charge in [0, 0.05) is 0 Å². The van der Waals surface area contributed by atoms with Gasteiger partial charge in [-0.25, -0.2) is 14.2 Å². The monoisotopic (exact) mass is 282 g/mol. The van der Waals surface area contributed by atoms with E-state index in [1.54, 1.807) is 30.3 Å². The normalized spacial score (nSPS) is 10.7. The zero-order valence-corrected chi connectivity index (χ0v) is 10.7. The smallest absolute Gasteiger partial charge is 0.337 e. The maximum absolute atomic E-state index is 12.5. The van der Waals surface area contributed by atoms with Gasteiger partial charge < -0.3 is 10.1 Å². The standard InChI is InChI=1S/C15H10N2O4/c18-13-9-5-1-3-7-11(9)16-15(21)17(13)12-8-4-2-6-10(12)14(19)20/h1-8H,(H,16,21)(H,19,20). The third-order valence-electron chi connectivity index (χ3n) is 3.18. The highest BCUT2D eigenvalue weighted by molar-refractivity contribution is 5.92. The van der Waals surface area contributed by atoms with E-state index < -0.39 is 17.2 Å². The van der Waals surface area contributed by atoms with Gasteiger partial charge in [-0.15, -0.1) is 0 Å². The van der Waals surface area contributed by atoms with Crippen molar-refractivity contribution in [3.05, 3.63) is 74.9 Å². The first kappa shape index (κ1) is 12.9. The second-order valence-corrected chi connectivity index (χ2v) is 4.44. The van der Waals surface area contributed by atoms with Gasteiger partial charge in [-0.2, -0.15) is 0 Å². The van der Waals surface area contributed by atoms with Crippen LogP contribution in [0.3, 0.4) is 0 Å². The van der Waals surface area contributed by atoms with Crippen LogP contribution < -0.4 is 11.2 Å². The summed E-state index contributed by atoms with van der Waals surface area (Å²) in [4.78, 5) is 38.5. The Bertz CT molecular complexity index is 969. The van der Waals surface area contributed by atoms with Crippen LogP contribution >= 0.6 is 0 Å². The molecule has 21 heavy (non-hydrogen) atoms. The first-order valence-electron chi connectivity index (χ1n) is 6.16. The molecule has 1 aromatic heterocycles. The number of carboxylic acid groups (broad SMARTS) is 1. The molecule has 0 atom stereocenters. The van der Waals surface area contributed by atoms with Crippen molar-refractivity contribution < 1.29 is 9.90 Å². The van der Waals surface area contributed by atoms with Gasteiger partial charge in [0.05, 0.1) is 22.2 Å². The Morgan fingerprint density at radius 2 is 1.67 bits per heavy atom. The number of aromatic nitrogens is 2. The molecule has 0 saturated carbocycles. The van der Waals surface area contributed by atoms with Crippen LogP contribution in [0.25, 0.3) is 16.6 Å². The SMILES string of the molecule is O=C(O)c1ccccc1-n1c(=O)[nH]c2ccccc2c1=O. The number of H-pyrrole nitrogens is 1. The summed E-state index contributed by atoms with van der Waals surface area (Å²) in [6.45, 7) is 0. The van der Waals surface area contributed by atoms with E-state index in [1.165, 1.54) is 18.2 Å². The molecule has 0 amide bonds. The van der Waals surface area contributed by atoms with Crippen LogP contribution in [0.4, 0.5) is 0 Å². The van der Waals surface area contributed by atoms with Gasteiger partial charge in [-0.1, -0.05) is 24.3 Å². The number of fused-ring (bicyclic) bond motifs is 1. The molecule has 1 heterocycles. The topological polar surface area (TPSA) is 92.2 Å².